The molecule has 2 unspecified atom stereocenters. The third-order valence-corrected chi connectivity index (χ3v) is 7.74. The van der Waals surface area contributed by atoms with Crippen LogP contribution in [0.3, 0.4) is 0 Å². The number of hydrogen-bond donors (Lipinski definition) is 2. The molecule has 2 N–H and O–H groups in total. The Kier molecular flexibility index (Phi) is 7.95. The fourth-order valence-corrected chi connectivity index (χ4v) is 5.81. The van der Waals surface area contributed by atoms with Crippen molar-refractivity contribution in [2.24, 2.45) is 11.8 Å². The molecule has 0 aromatic heterocycles. The highest BCUT2D eigenvalue weighted by Crippen LogP contribution is 2.36. The third kappa shape index (κ3) is 5.95. The number of nitrogens with one attached hydrogen (secondary N) is 2. The standard InChI is InChI=1S/C32H36N2O2/c1-23(30-16-8-12-26-11-5-6-15-31(26)30)33-29-14-7-13-28(21-29)25-17-19-27(20-18-25)32(35)34-36-22-24-9-3-2-4-10-24/h2-6,8-12,15-17,19-20,23,25,28-29,33H,7,13-14,18,21-22H2,1H3,(H,34,35)/t23-,25?,28+,29?/m1/s1. The average Bonchev–Trinajstić information content (AvgIpc) is 2.93. The zero-order valence-electron chi connectivity index (χ0n) is 21.0. The molecule has 0 spiro atoms. The smallest absolute Gasteiger partial charge is 0.274 e. The van der Waals surface area contributed by atoms with Crippen LogP contribution in [-0.2, 0) is 16.2 Å². The van der Waals surface area contributed by atoms with Crippen LogP contribution >= 0.6 is 0 Å². The van der Waals surface area contributed by atoms with E-state index in [1.165, 1.54) is 42.0 Å². The third-order valence-electron chi connectivity index (χ3n) is 7.74. The molecular weight excluding hydrogens is 444 g/mol. The lowest BCUT2D eigenvalue weighted by Gasteiger charge is -2.36. The highest BCUT2D eigenvalue weighted by molar-refractivity contribution is 5.95. The van der Waals surface area contributed by atoms with Crippen LogP contribution in [0.4, 0.5) is 0 Å². The second-order valence-electron chi connectivity index (χ2n) is 10.2. The number of amides is 1. The Bertz CT molecular complexity index is 1230. The minimum atomic E-state index is -0.173. The summed E-state index contributed by atoms with van der Waals surface area (Å²) < 4.78 is 0. The van der Waals surface area contributed by atoms with Crippen molar-refractivity contribution >= 4 is 16.7 Å². The van der Waals surface area contributed by atoms with Gasteiger partial charge in [0.1, 0.15) is 0 Å². The number of fused-ring (bicyclic) bond motifs is 1. The first-order valence-electron chi connectivity index (χ1n) is 13.3. The van der Waals surface area contributed by atoms with Crippen LogP contribution in [0.5, 0.6) is 0 Å². The number of benzene rings is 3. The van der Waals surface area contributed by atoms with E-state index in [0.717, 1.165) is 12.0 Å². The fourth-order valence-electron chi connectivity index (χ4n) is 5.81. The monoisotopic (exact) mass is 480 g/mol. The molecule has 4 nitrogen and oxygen atoms in total. The lowest BCUT2D eigenvalue weighted by atomic mass is 9.75. The molecule has 186 valence electrons. The van der Waals surface area contributed by atoms with E-state index in [2.05, 4.69) is 72.3 Å². The van der Waals surface area contributed by atoms with E-state index in [1.54, 1.807) is 0 Å². The zero-order valence-corrected chi connectivity index (χ0v) is 21.0. The first kappa shape index (κ1) is 24.5. The van der Waals surface area contributed by atoms with E-state index in [-0.39, 0.29) is 5.91 Å². The van der Waals surface area contributed by atoms with Crippen molar-refractivity contribution in [3.05, 3.63) is 108 Å². The molecule has 2 aliphatic carbocycles. The summed E-state index contributed by atoms with van der Waals surface area (Å²) in [5.41, 5.74) is 5.68. The van der Waals surface area contributed by atoms with Gasteiger partial charge in [-0.15, -0.1) is 0 Å². The summed E-state index contributed by atoms with van der Waals surface area (Å²) in [6.45, 7) is 2.65. The van der Waals surface area contributed by atoms with Gasteiger partial charge in [-0.3, -0.25) is 9.63 Å². The Morgan fingerprint density at radius 1 is 1.00 bits per heavy atom. The highest BCUT2D eigenvalue weighted by Gasteiger charge is 2.29. The molecule has 2 aliphatic rings. The zero-order chi connectivity index (χ0) is 24.7. The van der Waals surface area contributed by atoms with Gasteiger partial charge in [-0.25, -0.2) is 5.48 Å². The van der Waals surface area contributed by atoms with E-state index in [1.807, 2.05) is 36.4 Å². The molecule has 5 rings (SSSR count). The van der Waals surface area contributed by atoms with E-state index in [0.29, 0.717) is 36.1 Å². The first-order chi connectivity index (χ1) is 17.7. The molecular formula is C32H36N2O2. The Morgan fingerprint density at radius 3 is 2.64 bits per heavy atom. The van der Waals surface area contributed by atoms with Crippen LogP contribution in [-0.4, -0.2) is 11.9 Å². The summed E-state index contributed by atoms with van der Waals surface area (Å²) in [6, 6.07) is 25.9. The van der Waals surface area contributed by atoms with Gasteiger partial charge in [0, 0.05) is 17.7 Å². The summed E-state index contributed by atoms with van der Waals surface area (Å²) in [6.07, 6.45) is 12.1. The lowest BCUT2D eigenvalue weighted by molar-refractivity contribution is -0.130. The SMILES string of the molecule is C[C@@H](NC1CCC[C@H](C2C=CC(C(=O)NOCc3ccccc3)=CC2)C1)c1cccc2ccccc12. The van der Waals surface area contributed by atoms with Gasteiger partial charge in [-0.05, 0) is 66.3 Å². The fraction of sp³-hybridized carbons (Fsp3) is 0.344. The molecule has 36 heavy (non-hydrogen) atoms. The number of hydroxylamine groups is 1. The Balaban J connectivity index is 1.12. The second-order valence-corrected chi connectivity index (χ2v) is 10.2. The minimum Gasteiger partial charge on any atom is -0.307 e. The van der Waals surface area contributed by atoms with Gasteiger partial charge in [-0.1, -0.05) is 97.4 Å². The maximum absolute atomic E-state index is 12.5. The van der Waals surface area contributed by atoms with E-state index in [9.17, 15) is 4.79 Å². The van der Waals surface area contributed by atoms with Gasteiger partial charge in [0.15, 0.2) is 0 Å². The van der Waals surface area contributed by atoms with Crippen molar-refractivity contribution in [2.75, 3.05) is 0 Å². The molecule has 1 fully saturated rings. The first-order valence-corrected chi connectivity index (χ1v) is 13.3. The Hall–Kier alpha value is -3.21. The normalized spacial score (nSPS) is 22.7. The van der Waals surface area contributed by atoms with Gasteiger partial charge >= 0.3 is 0 Å². The summed E-state index contributed by atoms with van der Waals surface area (Å²) >= 11 is 0. The van der Waals surface area contributed by atoms with E-state index >= 15 is 0 Å². The lowest BCUT2D eigenvalue weighted by Crippen LogP contribution is -2.37. The van der Waals surface area contributed by atoms with Crippen LogP contribution in [0.25, 0.3) is 10.8 Å². The molecule has 1 saturated carbocycles. The second kappa shape index (κ2) is 11.7. The number of rotatable bonds is 8. The Morgan fingerprint density at radius 2 is 1.81 bits per heavy atom. The molecule has 3 aromatic rings. The quantitative estimate of drug-likeness (QED) is 0.349. The summed E-state index contributed by atoms with van der Waals surface area (Å²) in [5.74, 6) is 0.958. The van der Waals surface area contributed by atoms with Crippen molar-refractivity contribution in [3.8, 4) is 0 Å². The van der Waals surface area contributed by atoms with Crippen molar-refractivity contribution in [1.29, 1.82) is 0 Å². The molecule has 3 aromatic carbocycles. The molecule has 0 heterocycles. The van der Waals surface area contributed by atoms with Crippen molar-refractivity contribution in [3.63, 3.8) is 0 Å². The minimum absolute atomic E-state index is 0.173. The van der Waals surface area contributed by atoms with Crippen molar-refractivity contribution in [2.45, 2.75) is 57.7 Å². The highest BCUT2D eigenvalue weighted by atomic mass is 16.6. The van der Waals surface area contributed by atoms with Crippen LogP contribution in [0, 0.1) is 11.8 Å². The number of hydrogen-bond acceptors (Lipinski definition) is 3. The van der Waals surface area contributed by atoms with Crippen molar-refractivity contribution < 1.29 is 9.63 Å². The molecule has 4 heteroatoms. The van der Waals surface area contributed by atoms with Gasteiger partial charge in [0.05, 0.1) is 6.61 Å². The summed E-state index contributed by atoms with van der Waals surface area (Å²) in [4.78, 5) is 17.9. The molecule has 0 bridgehead atoms. The maximum Gasteiger partial charge on any atom is 0.274 e. The van der Waals surface area contributed by atoms with E-state index in [4.69, 9.17) is 4.84 Å². The van der Waals surface area contributed by atoms with Gasteiger partial charge in [0.25, 0.3) is 5.91 Å². The van der Waals surface area contributed by atoms with Crippen LogP contribution in [0.2, 0.25) is 0 Å². The summed E-state index contributed by atoms with van der Waals surface area (Å²) in [7, 11) is 0. The summed E-state index contributed by atoms with van der Waals surface area (Å²) in [5, 5.41) is 6.58. The van der Waals surface area contributed by atoms with Crippen LogP contribution in [0.15, 0.2) is 96.6 Å². The molecule has 0 aliphatic heterocycles. The van der Waals surface area contributed by atoms with Crippen LogP contribution < -0.4 is 10.8 Å². The van der Waals surface area contributed by atoms with Crippen molar-refractivity contribution in [1.82, 2.24) is 10.8 Å². The number of allylic oxidation sites excluding steroid dienone is 2. The average molecular weight is 481 g/mol. The molecule has 0 radical (unpaired) electrons. The predicted octanol–water partition coefficient (Wildman–Crippen LogP) is 6.80. The van der Waals surface area contributed by atoms with Gasteiger partial charge < -0.3 is 5.32 Å². The maximum atomic E-state index is 12.5. The largest absolute Gasteiger partial charge is 0.307 e. The Labute approximate surface area is 214 Å². The topological polar surface area (TPSA) is 50.4 Å². The number of carbonyl (C=O) groups is 1. The molecule has 1 amide bonds. The molecule has 4 atom stereocenters. The predicted molar refractivity (Wildman–Crippen MR) is 146 cm³/mol. The van der Waals surface area contributed by atoms with Gasteiger partial charge in [-0.2, -0.15) is 0 Å². The molecule has 0 saturated heterocycles. The number of carbonyl (C=O) groups excluding carboxylic acids is 1. The van der Waals surface area contributed by atoms with Crippen LogP contribution in [0.1, 0.15) is 56.2 Å². The van der Waals surface area contributed by atoms with E-state index < -0.39 is 0 Å². The van der Waals surface area contributed by atoms with Gasteiger partial charge in [0.2, 0.25) is 0 Å².